The van der Waals surface area contributed by atoms with Crippen molar-refractivity contribution in [2.24, 2.45) is 0 Å². The Labute approximate surface area is 148 Å². The van der Waals surface area contributed by atoms with E-state index in [9.17, 15) is 13.2 Å². The molecule has 0 radical (unpaired) electrons. The quantitative estimate of drug-likeness (QED) is 0.792. The minimum absolute atomic E-state index is 0.153. The molecule has 2 aromatic rings. The van der Waals surface area contributed by atoms with Gasteiger partial charge in [0.25, 0.3) is 0 Å². The largest absolute Gasteiger partial charge is 0.378 e. The molecule has 134 valence electrons. The van der Waals surface area contributed by atoms with E-state index in [0.29, 0.717) is 11.3 Å². The molecule has 0 aliphatic heterocycles. The van der Waals surface area contributed by atoms with Gasteiger partial charge in [-0.25, -0.2) is 13.1 Å². The topological polar surface area (TPSA) is 78.5 Å². The third-order valence-electron chi connectivity index (χ3n) is 3.56. The van der Waals surface area contributed by atoms with E-state index in [-0.39, 0.29) is 12.3 Å². The first-order valence-corrected chi connectivity index (χ1v) is 9.50. The van der Waals surface area contributed by atoms with Gasteiger partial charge in [-0.3, -0.25) is 4.79 Å². The smallest absolute Gasteiger partial charge is 0.239 e. The van der Waals surface area contributed by atoms with Crippen LogP contribution in [0.4, 0.5) is 11.4 Å². The van der Waals surface area contributed by atoms with Crippen molar-refractivity contribution in [3.8, 4) is 0 Å². The van der Waals surface area contributed by atoms with E-state index in [1.54, 1.807) is 18.2 Å². The Hall–Kier alpha value is -2.38. The van der Waals surface area contributed by atoms with Crippen molar-refractivity contribution in [3.05, 3.63) is 59.7 Å². The summed E-state index contributed by atoms with van der Waals surface area (Å²) in [4.78, 5) is 13.9. The molecular formula is C18H23N3O3S. The highest BCUT2D eigenvalue weighted by Gasteiger charge is 2.13. The van der Waals surface area contributed by atoms with Crippen LogP contribution in [-0.4, -0.2) is 35.0 Å². The maximum absolute atomic E-state index is 12.1. The second-order valence-corrected chi connectivity index (χ2v) is 7.87. The van der Waals surface area contributed by atoms with Crippen molar-refractivity contribution in [1.29, 1.82) is 0 Å². The molecule has 0 aliphatic rings. The molecule has 0 atom stereocenters. The van der Waals surface area contributed by atoms with Gasteiger partial charge < -0.3 is 10.2 Å². The maximum atomic E-state index is 12.1. The fourth-order valence-corrected chi connectivity index (χ4v) is 3.37. The lowest BCUT2D eigenvalue weighted by atomic mass is 10.2. The monoisotopic (exact) mass is 361 g/mol. The third-order valence-corrected chi connectivity index (χ3v) is 4.86. The number of carbonyl (C=O) groups excluding carboxylic acids is 1. The van der Waals surface area contributed by atoms with Gasteiger partial charge in [-0.05, 0) is 36.8 Å². The van der Waals surface area contributed by atoms with E-state index in [1.807, 2.05) is 56.3 Å². The van der Waals surface area contributed by atoms with E-state index in [2.05, 4.69) is 10.0 Å². The van der Waals surface area contributed by atoms with Gasteiger partial charge in [0.1, 0.15) is 0 Å². The standard InChI is InChI=1S/C18H23N3O3S/c1-14-5-4-6-15(11-14)13-25(23,24)19-12-18(22)20-16-7-9-17(10-8-16)21(2)3/h4-11,19H,12-13H2,1-3H3,(H,20,22). The van der Waals surface area contributed by atoms with Gasteiger partial charge in [0.05, 0.1) is 12.3 Å². The van der Waals surface area contributed by atoms with Crippen LogP contribution < -0.4 is 14.9 Å². The summed E-state index contributed by atoms with van der Waals surface area (Å²) in [6.45, 7) is 1.60. The summed E-state index contributed by atoms with van der Waals surface area (Å²) in [6.07, 6.45) is 0. The number of sulfonamides is 1. The fraction of sp³-hybridized carbons (Fsp3) is 0.278. The highest BCUT2D eigenvalue weighted by atomic mass is 32.2. The van der Waals surface area contributed by atoms with Crippen molar-refractivity contribution in [2.45, 2.75) is 12.7 Å². The van der Waals surface area contributed by atoms with Gasteiger partial charge in [0.2, 0.25) is 15.9 Å². The van der Waals surface area contributed by atoms with Gasteiger partial charge in [-0.15, -0.1) is 0 Å². The highest BCUT2D eigenvalue weighted by Crippen LogP contribution is 2.15. The number of anilines is 2. The van der Waals surface area contributed by atoms with Gasteiger partial charge >= 0.3 is 0 Å². The van der Waals surface area contributed by atoms with Crippen molar-refractivity contribution in [1.82, 2.24) is 4.72 Å². The molecule has 2 rings (SSSR count). The molecule has 0 heterocycles. The van der Waals surface area contributed by atoms with E-state index < -0.39 is 15.9 Å². The number of hydrogen-bond donors (Lipinski definition) is 2. The average Bonchev–Trinajstić information content (AvgIpc) is 2.53. The molecular weight excluding hydrogens is 338 g/mol. The molecule has 2 N–H and O–H groups in total. The van der Waals surface area contributed by atoms with E-state index in [4.69, 9.17) is 0 Å². The van der Waals surface area contributed by atoms with E-state index >= 15 is 0 Å². The minimum atomic E-state index is -3.57. The Morgan fingerprint density at radius 1 is 1.08 bits per heavy atom. The first-order chi connectivity index (χ1) is 11.7. The van der Waals surface area contributed by atoms with Crippen LogP contribution in [0.2, 0.25) is 0 Å². The van der Waals surface area contributed by atoms with Crippen LogP contribution >= 0.6 is 0 Å². The Balaban J connectivity index is 1.88. The number of rotatable bonds is 7. The van der Waals surface area contributed by atoms with Crippen LogP contribution in [0.1, 0.15) is 11.1 Å². The lowest BCUT2D eigenvalue weighted by Gasteiger charge is -2.13. The molecule has 2 aromatic carbocycles. The van der Waals surface area contributed by atoms with E-state index in [0.717, 1.165) is 11.3 Å². The Morgan fingerprint density at radius 2 is 1.76 bits per heavy atom. The summed E-state index contributed by atoms with van der Waals surface area (Å²) in [5.74, 6) is -0.565. The number of aryl methyl sites for hydroxylation is 1. The normalized spacial score (nSPS) is 11.2. The van der Waals surface area contributed by atoms with Crippen LogP contribution in [0.5, 0.6) is 0 Å². The summed E-state index contributed by atoms with van der Waals surface area (Å²) in [5.41, 5.74) is 3.31. The predicted octanol–water partition coefficient (Wildman–Crippen LogP) is 2.12. The summed E-state index contributed by atoms with van der Waals surface area (Å²) in [6, 6.07) is 14.6. The number of hydrogen-bond acceptors (Lipinski definition) is 4. The van der Waals surface area contributed by atoms with Crippen LogP contribution in [0, 0.1) is 6.92 Å². The second-order valence-electron chi connectivity index (χ2n) is 6.06. The first-order valence-electron chi connectivity index (χ1n) is 7.85. The Kier molecular flexibility index (Phi) is 6.17. The zero-order chi connectivity index (χ0) is 18.4. The molecule has 0 bridgehead atoms. The molecule has 7 heteroatoms. The fourth-order valence-electron chi connectivity index (χ4n) is 2.30. The van der Waals surface area contributed by atoms with Crippen LogP contribution in [0.3, 0.4) is 0 Å². The van der Waals surface area contributed by atoms with Crippen LogP contribution in [0.15, 0.2) is 48.5 Å². The third kappa shape index (κ3) is 6.21. The number of nitrogens with zero attached hydrogens (tertiary/aromatic N) is 1. The summed E-state index contributed by atoms with van der Waals surface area (Å²) >= 11 is 0. The van der Waals surface area contributed by atoms with Crippen molar-refractivity contribution in [3.63, 3.8) is 0 Å². The molecule has 25 heavy (non-hydrogen) atoms. The molecule has 6 nitrogen and oxygen atoms in total. The van der Waals surface area contributed by atoms with Gasteiger partial charge in [0, 0.05) is 25.5 Å². The molecule has 0 aromatic heterocycles. The summed E-state index contributed by atoms with van der Waals surface area (Å²) in [7, 11) is 0.280. The number of carbonyl (C=O) groups is 1. The number of benzene rings is 2. The maximum Gasteiger partial charge on any atom is 0.239 e. The SMILES string of the molecule is Cc1cccc(CS(=O)(=O)NCC(=O)Nc2ccc(N(C)C)cc2)c1. The summed E-state index contributed by atoms with van der Waals surface area (Å²) in [5, 5.41) is 2.67. The first kappa shape index (κ1) is 19.0. The van der Waals surface area contributed by atoms with Crippen molar-refractivity contribution >= 4 is 27.3 Å². The van der Waals surface area contributed by atoms with Gasteiger partial charge in [-0.1, -0.05) is 29.8 Å². The zero-order valence-electron chi connectivity index (χ0n) is 14.6. The molecule has 1 amide bonds. The number of nitrogens with one attached hydrogen (secondary N) is 2. The molecule has 0 fully saturated rings. The molecule has 0 unspecified atom stereocenters. The zero-order valence-corrected chi connectivity index (χ0v) is 15.4. The molecule has 0 saturated carbocycles. The number of amides is 1. The lowest BCUT2D eigenvalue weighted by Crippen LogP contribution is -2.33. The second kappa shape index (κ2) is 8.13. The Morgan fingerprint density at radius 3 is 2.36 bits per heavy atom. The van der Waals surface area contributed by atoms with Crippen LogP contribution in [-0.2, 0) is 20.6 Å². The minimum Gasteiger partial charge on any atom is -0.378 e. The van der Waals surface area contributed by atoms with Gasteiger partial charge in [-0.2, -0.15) is 0 Å². The molecule has 0 spiro atoms. The van der Waals surface area contributed by atoms with E-state index in [1.165, 1.54) is 0 Å². The highest BCUT2D eigenvalue weighted by molar-refractivity contribution is 7.88. The lowest BCUT2D eigenvalue weighted by molar-refractivity contribution is -0.115. The summed E-state index contributed by atoms with van der Waals surface area (Å²) < 4.78 is 26.5. The molecule has 0 aliphatic carbocycles. The van der Waals surface area contributed by atoms with Crippen molar-refractivity contribution < 1.29 is 13.2 Å². The van der Waals surface area contributed by atoms with Gasteiger partial charge in [0.15, 0.2) is 0 Å². The van der Waals surface area contributed by atoms with Crippen LogP contribution in [0.25, 0.3) is 0 Å². The van der Waals surface area contributed by atoms with Crippen molar-refractivity contribution in [2.75, 3.05) is 30.9 Å². The predicted molar refractivity (Wildman–Crippen MR) is 101 cm³/mol. The Bertz CT molecular complexity index is 831. The average molecular weight is 361 g/mol. The molecule has 0 saturated heterocycles.